The maximum Gasteiger partial charge on any atom is 0.252 e. The molecule has 2 aromatic rings. The molecule has 1 N–H and O–H groups in total. The van der Waals surface area contributed by atoms with Gasteiger partial charge in [0.15, 0.2) is 11.5 Å². The van der Waals surface area contributed by atoms with E-state index in [0.29, 0.717) is 37.7 Å². The van der Waals surface area contributed by atoms with Crippen LogP contribution in [0.5, 0.6) is 11.5 Å². The Bertz CT molecular complexity index is 730. The number of amides is 1. The van der Waals surface area contributed by atoms with Crippen molar-refractivity contribution >= 4 is 17.2 Å². The molecule has 0 spiro atoms. The minimum absolute atomic E-state index is 0.0427. The van der Waals surface area contributed by atoms with Crippen LogP contribution in [0.3, 0.4) is 0 Å². The van der Waals surface area contributed by atoms with Gasteiger partial charge in [-0.05, 0) is 36.1 Å². The van der Waals surface area contributed by atoms with E-state index < -0.39 is 0 Å². The van der Waals surface area contributed by atoms with Gasteiger partial charge in [0.25, 0.3) is 5.91 Å². The van der Waals surface area contributed by atoms with Crippen LogP contribution in [0.25, 0.3) is 0 Å². The van der Waals surface area contributed by atoms with E-state index in [4.69, 9.17) is 14.2 Å². The molecule has 0 unspecified atom stereocenters. The lowest BCUT2D eigenvalue weighted by Crippen LogP contribution is -2.43. The second-order valence-electron chi connectivity index (χ2n) is 6.23. The van der Waals surface area contributed by atoms with Gasteiger partial charge in [0.05, 0.1) is 33.0 Å². The lowest BCUT2D eigenvalue weighted by molar-refractivity contribution is 0.0162. The van der Waals surface area contributed by atoms with E-state index in [-0.39, 0.29) is 11.9 Å². The number of thiophene rings is 1. The van der Waals surface area contributed by atoms with Gasteiger partial charge in [-0.2, -0.15) is 11.3 Å². The molecular weight excluding hydrogens is 364 g/mol. The normalized spacial score (nSPS) is 15.9. The van der Waals surface area contributed by atoms with E-state index in [1.807, 2.05) is 41.9 Å². The first-order valence-electron chi connectivity index (χ1n) is 9.16. The van der Waals surface area contributed by atoms with E-state index in [1.165, 1.54) is 11.3 Å². The van der Waals surface area contributed by atoms with Crippen molar-refractivity contribution in [2.24, 2.45) is 0 Å². The molecule has 1 fully saturated rings. The lowest BCUT2D eigenvalue weighted by Gasteiger charge is -2.35. The highest BCUT2D eigenvalue weighted by atomic mass is 32.1. The smallest absolute Gasteiger partial charge is 0.252 e. The Balaban J connectivity index is 1.79. The van der Waals surface area contributed by atoms with Gasteiger partial charge >= 0.3 is 0 Å². The minimum atomic E-state index is -0.0487. The summed E-state index contributed by atoms with van der Waals surface area (Å²) in [7, 11) is 1.64. The number of nitrogens with zero attached hydrogens (tertiary/aromatic N) is 1. The molecule has 146 valence electrons. The molecule has 0 bridgehead atoms. The number of rotatable bonds is 8. The van der Waals surface area contributed by atoms with E-state index in [0.717, 1.165) is 24.4 Å². The van der Waals surface area contributed by atoms with Crippen LogP contribution in [0, 0.1) is 0 Å². The lowest BCUT2D eigenvalue weighted by atomic mass is 10.0. The number of carbonyl (C=O) groups is 1. The van der Waals surface area contributed by atoms with Crippen LogP contribution in [-0.4, -0.2) is 57.4 Å². The number of hydrogen-bond acceptors (Lipinski definition) is 6. The number of carbonyl (C=O) groups excluding carboxylic acids is 1. The maximum absolute atomic E-state index is 12.4. The Morgan fingerprint density at radius 3 is 2.78 bits per heavy atom. The molecule has 27 heavy (non-hydrogen) atoms. The van der Waals surface area contributed by atoms with Crippen molar-refractivity contribution in [3.05, 3.63) is 46.2 Å². The largest absolute Gasteiger partial charge is 0.493 e. The van der Waals surface area contributed by atoms with Crippen molar-refractivity contribution in [3.8, 4) is 11.5 Å². The number of morpholine rings is 1. The molecule has 1 amide bonds. The first-order valence-corrected chi connectivity index (χ1v) is 10.1. The van der Waals surface area contributed by atoms with Crippen LogP contribution < -0.4 is 14.8 Å². The average Bonchev–Trinajstić information content (AvgIpc) is 3.25. The first-order chi connectivity index (χ1) is 13.2. The highest BCUT2D eigenvalue weighted by Gasteiger charge is 2.24. The van der Waals surface area contributed by atoms with E-state index in [9.17, 15) is 4.79 Å². The molecule has 2 heterocycles. The van der Waals surface area contributed by atoms with Gasteiger partial charge in [0.1, 0.15) is 0 Å². The van der Waals surface area contributed by atoms with Crippen LogP contribution in [0.4, 0.5) is 0 Å². The van der Waals surface area contributed by atoms with Gasteiger partial charge in [0, 0.05) is 30.6 Å². The van der Waals surface area contributed by atoms with Crippen molar-refractivity contribution in [2.75, 3.05) is 46.6 Å². The van der Waals surface area contributed by atoms with Crippen LogP contribution in [-0.2, 0) is 4.74 Å². The van der Waals surface area contributed by atoms with Crippen molar-refractivity contribution in [2.45, 2.75) is 13.0 Å². The predicted molar refractivity (Wildman–Crippen MR) is 106 cm³/mol. The second-order valence-corrected chi connectivity index (χ2v) is 7.01. The van der Waals surface area contributed by atoms with Crippen LogP contribution in [0.2, 0.25) is 0 Å². The summed E-state index contributed by atoms with van der Waals surface area (Å²) in [5, 5.41) is 6.84. The fraction of sp³-hybridized carbons (Fsp3) is 0.450. The molecule has 0 saturated carbocycles. The van der Waals surface area contributed by atoms with E-state index >= 15 is 0 Å². The Hall–Kier alpha value is -2.09. The molecule has 1 aliphatic rings. The SMILES string of the molecule is CCOc1ccc([C@H](CNC(=O)c2ccsc2)N2CCOCC2)cc1OC. The number of methoxy groups -OCH3 is 1. The first kappa shape index (κ1) is 19.7. The molecule has 1 atom stereocenters. The molecule has 0 aliphatic carbocycles. The molecule has 7 heteroatoms. The molecule has 1 saturated heterocycles. The zero-order chi connectivity index (χ0) is 19.1. The standard InChI is InChI=1S/C20H26N2O4S/c1-3-26-18-5-4-15(12-19(18)24-2)17(22-7-9-25-10-8-22)13-21-20(23)16-6-11-27-14-16/h4-6,11-12,14,17H,3,7-10,13H2,1-2H3,(H,21,23)/t17-/m0/s1. The summed E-state index contributed by atoms with van der Waals surface area (Å²) < 4.78 is 16.6. The van der Waals surface area contributed by atoms with Crippen LogP contribution in [0.1, 0.15) is 28.9 Å². The second kappa shape index (κ2) is 9.73. The molecule has 1 aliphatic heterocycles. The summed E-state index contributed by atoms with van der Waals surface area (Å²) in [4.78, 5) is 14.7. The Labute approximate surface area is 164 Å². The summed E-state index contributed by atoms with van der Waals surface area (Å²) in [6, 6.07) is 7.86. The zero-order valence-corrected chi connectivity index (χ0v) is 16.6. The highest BCUT2D eigenvalue weighted by molar-refractivity contribution is 7.08. The minimum Gasteiger partial charge on any atom is -0.493 e. The third kappa shape index (κ3) is 5.00. The van der Waals surface area contributed by atoms with Crippen LogP contribution in [0.15, 0.2) is 35.0 Å². The van der Waals surface area contributed by atoms with Crippen LogP contribution >= 0.6 is 11.3 Å². The Kier molecular flexibility index (Phi) is 7.09. The van der Waals surface area contributed by atoms with Gasteiger partial charge in [-0.3, -0.25) is 9.69 Å². The highest BCUT2D eigenvalue weighted by Crippen LogP contribution is 2.32. The van der Waals surface area contributed by atoms with Crippen molar-refractivity contribution in [1.82, 2.24) is 10.2 Å². The molecule has 1 aromatic heterocycles. The van der Waals surface area contributed by atoms with Gasteiger partial charge in [-0.1, -0.05) is 6.07 Å². The predicted octanol–water partition coefficient (Wildman–Crippen LogP) is 2.96. The fourth-order valence-corrected chi connectivity index (χ4v) is 3.83. The molecular formula is C20H26N2O4S. The van der Waals surface area contributed by atoms with E-state index in [2.05, 4.69) is 10.2 Å². The average molecular weight is 391 g/mol. The van der Waals surface area contributed by atoms with Gasteiger partial charge in [0.2, 0.25) is 0 Å². The molecule has 6 nitrogen and oxygen atoms in total. The number of ether oxygens (including phenoxy) is 3. The van der Waals surface area contributed by atoms with Crippen molar-refractivity contribution in [1.29, 1.82) is 0 Å². The number of hydrogen-bond donors (Lipinski definition) is 1. The van der Waals surface area contributed by atoms with Crippen molar-refractivity contribution < 1.29 is 19.0 Å². The third-order valence-electron chi connectivity index (χ3n) is 4.60. The topological polar surface area (TPSA) is 60.0 Å². The quantitative estimate of drug-likeness (QED) is 0.751. The molecule has 3 rings (SSSR count). The van der Waals surface area contributed by atoms with Gasteiger partial charge < -0.3 is 19.5 Å². The number of benzene rings is 1. The van der Waals surface area contributed by atoms with Gasteiger partial charge in [-0.25, -0.2) is 0 Å². The third-order valence-corrected chi connectivity index (χ3v) is 5.28. The maximum atomic E-state index is 12.4. The number of nitrogens with one attached hydrogen (secondary N) is 1. The summed E-state index contributed by atoms with van der Waals surface area (Å²) in [5.41, 5.74) is 1.79. The molecule has 1 aromatic carbocycles. The van der Waals surface area contributed by atoms with E-state index in [1.54, 1.807) is 7.11 Å². The fourth-order valence-electron chi connectivity index (χ4n) is 3.20. The van der Waals surface area contributed by atoms with Crippen molar-refractivity contribution in [3.63, 3.8) is 0 Å². The molecule has 0 radical (unpaired) electrons. The Morgan fingerprint density at radius 1 is 1.30 bits per heavy atom. The summed E-state index contributed by atoms with van der Waals surface area (Å²) in [5.74, 6) is 1.39. The Morgan fingerprint density at radius 2 is 2.11 bits per heavy atom. The zero-order valence-electron chi connectivity index (χ0n) is 15.8. The summed E-state index contributed by atoms with van der Waals surface area (Å²) >= 11 is 1.52. The summed E-state index contributed by atoms with van der Waals surface area (Å²) in [6.45, 7) is 6.10. The van der Waals surface area contributed by atoms with Gasteiger partial charge in [-0.15, -0.1) is 0 Å². The summed E-state index contributed by atoms with van der Waals surface area (Å²) in [6.07, 6.45) is 0. The monoisotopic (exact) mass is 390 g/mol.